The van der Waals surface area contributed by atoms with E-state index in [0.29, 0.717) is 5.92 Å². The zero-order valence-corrected chi connectivity index (χ0v) is 8.52. The Labute approximate surface area is 82.7 Å². The minimum atomic E-state index is 0.525. The van der Waals surface area contributed by atoms with Gasteiger partial charge in [0.25, 0.3) is 0 Å². The zero-order valence-electron chi connectivity index (χ0n) is 7.76. The predicted octanol–water partition coefficient (Wildman–Crippen LogP) is 3.94. The first-order chi connectivity index (χ1) is 6.18. The normalized spacial score (nSPS) is 11.4. The van der Waals surface area contributed by atoms with Gasteiger partial charge >= 0.3 is 0 Å². The van der Waals surface area contributed by atoms with Crippen molar-refractivity contribution < 1.29 is 0 Å². The van der Waals surface area contributed by atoms with Gasteiger partial charge < -0.3 is 4.98 Å². The van der Waals surface area contributed by atoms with E-state index in [1.807, 2.05) is 18.3 Å². The number of fused-ring (bicyclic) bond motifs is 1. The number of H-pyrrole nitrogens is 1. The van der Waals surface area contributed by atoms with E-state index in [1.54, 1.807) is 0 Å². The van der Waals surface area contributed by atoms with Crippen LogP contribution in [0.2, 0.25) is 5.02 Å². The van der Waals surface area contributed by atoms with E-state index < -0.39 is 0 Å². The highest BCUT2D eigenvalue weighted by Gasteiger charge is 2.05. The van der Waals surface area contributed by atoms with Crippen molar-refractivity contribution in [1.29, 1.82) is 0 Å². The Morgan fingerprint density at radius 3 is 2.77 bits per heavy atom. The van der Waals surface area contributed by atoms with E-state index in [2.05, 4.69) is 24.9 Å². The van der Waals surface area contributed by atoms with Gasteiger partial charge in [-0.25, -0.2) is 0 Å². The number of benzene rings is 1. The maximum Gasteiger partial charge on any atom is 0.0649 e. The van der Waals surface area contributed by atoms with Gasteiger partial charge in [0, 0.05) is 11.6 Å². The smallest absolute Gasteiger partial charge is 0.0649 e. The van der Waals surface area contributed by atoms with Crippen LogP contribution in [0.3, 0.4) is 0 Å². The molecule has 1 heterocycles. The molecule has 0 unspecified atom stereocenters. The lowest BCUT2D eigenvalue weighted by Crippen LogP contribution is -1.86. The molecular formula is C11H12ClN. The minimum absolute atomic E-state index is 0.525. The Hall–Kier alpha value is -0.950. The molecule has 2 heteroatoms. The number of aromatic amines is 1. The van der Waals surface area contributed by atoms with Crippen molar-refractivity contribution in [2.45, 2.75) is 19.8 Å². The molecule has 1 aromatic carbocycles. The molecule has 0 aliphatic heterocycles. The van der Waals surface area contributed by atoms with Gasteiger partial charge in [-0.05, 0) is 29.7 Å². The van der Waals surface area contributed by atoms with Crippen LogP contribution in [-0.2, 0) is 0 Å². The molecule has 0 saturated carbocycles. The number of rotatable bonds is 1. The van der Waals surface area contributed by atoms with Gasteiger partial charge in [0.15, 0.2) is 0 Å². The molecule has 1 N–H and O–H groups in total. The van der Waals surface area contributed by atoms with Crippen LogP contribution >= 0.6 is 11.6 Å². The molecule has 2 aromatic rings. The minimum Gasteiger partial charge on any atom is -0.360 e. The van der Waals surface area contributed by atoms with Crippen LogP contribution in [0.25, 0.3) is 10.9 Å². The van der Waals surface area contributed by atoms with Crippen molar-refractivity contribution in [2.75, 3.05) is 0 Å². The van der Waals surface area contributed by atoms with Crippen molar-refractivity contribution in [3.8, 4) is 0 Å². The van der Waals surface area contributed by atoms with E-state index in [1.165, 1.54) is 10.9 Å². The van der Waals surface area contributed by atoms with Crippen LogP contribution in [-0.4, -0.2) is 4.98 Å². The van der Waals surface area contributed by atoms with E-state index in [-0.39, 0.29) is 0 Å². The molecule has 0 aliphatic carbocycles. The van der Waals surface area contributed by atoms with Gasteiger partial charge in [-0.2, -0.15) is 0 Å². The Bertz CT molecular complexity index is 429. The first-order valence-electron chi connectivity index (χ1n) is 4.45. The molecule has 0 saturated heterocycles. The molecule has 0 atom stereocenters. The lowest BCUT2D eigenvalue weighted by molar-refractivity contribution is 0.869. The first kappa shape index (κ1) is 8.64. The predicted molar refractivity (Wildman–Crippen MR) is 57.4 cm³/mol. The molecule has 2 rings (SSSR count). The molecule has 0 bridgehead atoms. The summed E-state index contributed by atoms with van der Waals surface area (Å²) in [5, 5.41) is 2.00. The van der Waals surface area contributed by atoms with Crippen LogP contribution in [0.1, 0.15) is 25.3 Å². The van der Waals surface area contributed by atoms with Crippen molar-refractivity contribution in [3.05, 3.63) is 35.0 Å². The van der Waals surface area contributed by atoms with Crippen molar-refractivity contribution in [3.63, 3.8) is 0 Å². The second-order valence-electron chi connectivity index (χ2n) is 3.60. The summed E-state index contributed by atoms with van der Waals surface area (Å²) in [6, 6.07) is 6.26. The molecule has 1 aromatic heterocycles. The van der Waals surface area contributed by atoms with Crippen LogP contribution in [0.15, 0.2) is 24.4 Å². The second kappa shape index (κ2) is 3.08. The van der Waals surface area contributed by atoms with Crippen LogP contribution in [0.5, 0.6) is 0 Å². The van der Waals surface area contributed by atoms with Crippen LogP contribution < -0.4 is 0 Å². The summed E-state index contributed by atoms with van der Waals surface area (Å²) < 4.78 is 0. The highest BCUT2D eigenvalue weighted by Crippen LogP contribution is 2.27. The molecule has 0 radical (unpaired) electrons. The molecule has 0 amide bonds. The summed E-state index contributed by atoms with van der Waals surface area (Å²) in [4.78, 5) is 3.12. The molecule has 0 aliphatic rings. The molecule has 0 spiro atoms. The van der Waals surface area contributed by atoms with Crippen LogP contribution in [0, 0.1) is 0 Å². The molecule has 68 valence electrons. The summed E-state index contributed by atoms with van der Waals surface area (Å²) in [6.45, 7) is 4.34. The van der Waals surface area contributed by atoms with Gasteiger partial charge in [-0.15, -0.1) is 0 Å². The van der Waals surface area contributed by atoms with Crippen molar-refractivity contribution in [2.24, 2.45) is 0 Å². The topological polar surface area (TPSA) is 15.8 Å². The van der Waals surface area contributed by atoms with E-state index in [4.69, 9.17) is 11.6 Å². The zero-order chi connectivity index (χ0) is 9.42. The third kappa shape index (κ3) is 1.44. The maximum atomic E-state index is 6.12. The van der Waals surface area contributed by atoms with Gasteiger partial charge in [0.05, 0.1) is 10.5 Å². The number of hydrogen-bond donors (Lipinski definition) is 1. The fourth-order valence-corrected chi connectivity index (χ4v) is 1.77. The third-order valence-electron chi connectivity index (χ3n) is 2.30. The monoisotopic (exact) mass is 193 g/mol. The highest BCUT2D eigenvalue weighted by molar-refractivity contribution is 6.35. The largest absolute Gasteiger partial charge is 0.360 e. The average Bonchev–Trinajstić information content (AvgIpc) is 2.51. The fourth-order valence-electron chi connectivity index (χ4n) is 1.48. The molecule has 1 nitrogen and oxygen atoms in total. The van der Waals surface area contributed by atoms with Crippen LogP contribution in [0.4, 0.5) is 0 Å². The first-order valence-corrected chi connectivity index (χ1v) is 4.83. The number of hydrogen-bond acceptors (Lipinski definition) is 0. The summed E-state index contributed by atoms with van der Waals surface area (Å²) in [6.07, 6.45) is 1.92. The molecule has 13 heavy (non-hydrogen) atoms. The third-order valence-corrected chi connectivity index (χ3v) is 2.60. The second-order valence-corrected chi connectivity index (χ2v) is 4.01. The quantitative estimate of drug-likeness (QED) is 0.706. The standard InChI is InChI=1S/C11H12ClN/c1-7(2)9-5-8-3-4-13-11(8)10(12)6-9/h3-7,13H,1-2H3. The summed E-state index contributed by atoms with van der Waals surface area (Å²) >= 11 is 6.12. The Balaban J connectivity index is 2.70. The van der Waals surface area contributed by atoms with Crippen molar-refractivity contribution in [1.82, 2.24) is 4.98 Å². The summed E-state index contributed by atoms with van der Waals surface area (Å²) in [5.74, 6) is 0.525. The fraction of sp³-hybridized carbons (Fsp3) is 0.273. The van der Waals surface area contributed by atoms with E-state index in [9.17, 15) is 0 Å². The van der Waals surface area contributed by atoms with Gasteiger partial charge in [-0.1, -0.05) is 25.4 Å². The maximum absolute atomic E-state index is 6.12. The lowest BCUT2D eigenvalue weighted by Gasteiger charge is -2.06. The summed E-state index contributed by atoms with van der Waals surface area (Å²) in [5.41, 5.74) is 2.32. The van der Waals surface area contributed by atoms with E-state index >= 15 is 0 Å². The number of halogens is 1. The lowest BCUT2D eigenvalue weighted by atomic mass is 10.0. The Morgan fingerprint density at radius 1 is 1.31 bits per heavy atom. The summed E-state index contributed by atoms with van der Waals surface area (Å²) in [7, 11) is 0. The van der Waals surface area contributed by atoms with E-state index in [0.717, 1.165) is 10.5 Å². The SMILES string of the molecule is CC(C)c1cc(Cl)c2[nH]ccc2c1. The number of nitrogens with one attached hydrogen (secondary N) is 1. The Morgan fingerprint density at radius 2 is 2.08 bits per heavy atom. The van der Waals surface area contributed by atoms with Gasteiger partial charge in [0.2, 0.25) is 0 Å². The highest BCUT2D eigenvalue weighted by atomic mass is 35.5. The number of aromatic nitrogens is 1. The van der Waals surface area contributed by atoms with Crippen molar-refractivity contribution >= 4 is 22.5 Å². The molecule has 0 fully saturated rings. The molecular weight excluding hydrogens is 182 g/mol. The Kier molecular flexibility index (Phi) is 2.04. The average molecular weight is 194 g/mol. The van der Waals surface area contributed by atoms with Gasteiger partial charge in [-0.3, -0.25) is 0 Å². The van der Waals surface area contributed by atoms with Gasteiger partial charge in [0.1, 0.15) is 0 Å².